The minimum absolute atomic E-state index is 0.0734. The van der Waals surface area contributed by atoms with Crippen LogP contribution in [-0.2, 0) is 11.8 Å². The highest BCUT2D eigenvalue weighted by Crippen LogP contribution is 2.25. The Kier molecular flexibility index (Phi) is 4.83. The summed E-state index contributed by atoms with van der Waals surface area (Å²) in [7, 11) is 1.62. The van der Waals surface area contributed by atoms with Crippen molar-refractivity contribution in [2.75, 3.05) is 18.0 Å². The van der Waals surface area contributed by atoms with Crippen LogP contribution in [0.5, 0.6) is 0 Å². The van der Waals surface area contributed by atoms with E-state index in [2.05, 4.69) is 20.3 Å². The van der Waals surface area contributed by atoms with Crippen LogP contribution in [0.4, 0.5) is 10.6 Å². The molecule has 1 aliphatic rings. The summed E-state index contributed by atoms with van der Waals surface area (Å²) in [6.07, 6.45) is 1.26. The van der Waals surface area contributed by atoms with Crippen molar-refractivity contribution in [1.82, 2.24) is 24.8 Å². The Bertz CT molecular complexity index is 884. The first-order valence-electron chi connectivity index (χ1n) is 8.51. The van der Waals surface area contributed by atoms with Gasteiger partial charge in [0.1, 0.15) is 11.1 Å². The van der Waals surface area contributed by atoms with E-state index in [1.807, 2.05) is 25.7 Å². The zero-order valence-electron chi connectivity index (χ0n) is 15.3. The van der Waals surface area contributed by atoms with E-state index in [1.165, 1.54) is 4.57 Å². The Balaban J connectivity index is 1.82. The molecule has 0 aromatic carbocycles. The van der Waals surface area contributed by atoms with Crippen molar-refractivity contribution in [3.63, 3.8) is 0 Å². The summed E-state index contributed by atoms with van der Waals surface area (Å²) >= 11 is 6.05. The Morgan fingerprint density at radius 2 is 2.12 bits per heavy atom. The van der Waals surface area contributed by atoms with Gasteiger partial charge in [-0.05, 0) is 45.2 Å². The van der Waals surface area contributed by atoms with E-state index in [9.17, 15) is 9.59 Å². The number of halogens is 1. The fourth-order valence-electron chi connectivity index (χ4n) is 3.04. The highest BCUT2D eigenvalue weighted by atomic mass is 35.5. The quantitative estimate of drug-likeness (QED) is 0.767. The number of alkyl carbamates (subject to hydrolysis) is 1. The second-order valence-electron chi connectivity index (χ2n) is 7.44. The number of nitrogens with zero attached hydrogens (tertiary/aromatic N) is 4. The van der Waals surface area contributed by atoms with Gasteiger partial charge < -0.3 is 19.9 Å². The fraction of sp³-hybridized carbons (Fsp3) is 0.625. The zero-order valence-corrected chi connectivity index (χ0v) is 16.1. The van der Waals surface area contributed by atoms with Crippen molar-refractivity contribution in [3.8, 4) is 0 Å². The minimum atomic E-state index is -0.547. The van der Waals surface area contributed by atoms with Crippen molar-refractivity contribution in [1.29, 1.82) is 0 Å². The predicted octanol–water partition coefficient (Wildman–Crippen LogP) is 1.80. The molecule has 2 aromatic heterocycles. The van der Waals surface area contributed by atoms with Crippen LogP contribution in [0, 0.1) is 0 Å². The number of carbonyl (C=O) groups is 1. The average molecular weight is 383 g/mol. The number of hydrogen-bond acceptors (Lipinski definition) is 6. The first-order chi connectivity index (χ1) is 12.1. The van der Waals surface area contributed by atoms with Gasteiger partial charge >= 0.3 is 11.8 Å². The second-order valence-corrected chi connectivity index (χ2v) is 7.77. The third kappa shape index (κ3) is 3.92. The van der Waals surface area contributed by atoms with Crippen LogP contribution < -0.4 is 15.9 Å². The van der Waals surface area contributed by atoms with Crippen molar-refractivity contribution in [2.45, 2.75) is 45.3 Å². The molecule has 1 saturated heterocycles. The standard InChI is InChI=1S/C16H23ClN6O3/c1-16(2,3)26-15(25)18-9-6-5-7-23(8-9)12-10-11(20-13(17)21-12)22(4)14(24)19-10/h9H,5-8H2,1-4H3,(H,18,25)(H,19,24). The number of piperidine rings is 1. The van der Waals surface area contributed by atoms with Crippen LogP contribution in [0.2, 0.25) is 5.28 Å². The van der Waals surface area contributed by atoms with Crippen molar-refractivity contribution >= 4 is 34.7 Å². The van der Waals surface area contributed by atoms with E-state index in [4.69, 9.17) is 16.3 Å². The van der Waals surface area contributed by atoms with Gasteiger partial charge in [0, 0.05) is 26.2 Å². The summed E-state index contributed by atoms with van der Waals surface area (Å²) in [5.74, 6) is 0.563. The largest absolute Gasteiger partial charge is 0.444 e. The number of aromatic amines is 1. The van der Waals surface area contributed by atoms with Crippen LogP contribution in [0.3, 0.4) is 0 Å². The molecule has 3 rings (SSSR count). The van der Waals surface area contributed by atoms with Gasteiger partial charge in [-0.3, -0.25) is 4.57 Å². The first kappa shape index (κ1) is 18.5. The molecular weight excluding hydrogens is 360 g/mol. The minimum Gasteiger partial charge on any atom is -0.444 e. The molecule has 142 valence electrons. The highest BCUT2D eigenvalue weighted by molar-refractivity contribution is 6.28. The maximum atomic E-state index is 12.0. The molecule has 1 amide bonds. The van der Waals surface area contributed by atoms with Crippen LogP contribution in [0.1, 0.15) is 33.6 Å². The molecule has 1 atom stereocenters. The van der Waals surface area contributed by atoms with Gasteiger partial charge in [0.15, 0.2) is 11.5 Å². The molecule has 10 heteroatoms. The number of imidazole rings is 1. The van der Waals surface area contributed by atoms with Gasteiger partial charge in [-0.1, -0.05) is 0 Å². The second kappa shape index (κ2) is 6.79. The molecule has 1 aliphatic heterocycles. The number of anilines is 1. The molecule has 1 fully saturated rings. The van der Waals surface area contributed by atoms with Gasteiger partial charge in [-0.25, -0.2) is 9.59 Å². The maximum Gasteiger partial charge on any atom is 0.407 e. The molecule has 0 saturated carbocycles. The number of fused-ring (bicyclic) bond motifs is 1. The van der Waals surface area contributed by atoms with Crippen molar-refractivity contribution in [2.24, 2.45) is 7.05 Å². The molecule has 0 aliphatic carbocycles. The Labute approximate surface area is 155 Å². The number of ether oxygens (including phenoxy) is 1. The third-order valence-corrected chi connectivity index (χ3v) is 4.31. The molecule has 3 heterocycles. The Morgan fingerprint density at radius 1 is 1.38 bits per heavy atom. The number of amides is 1. The lowest BCUT2D eigenvalue weighted by molar-refractivity contribution is 0.0500. The van der Waals surface area contributed by atoms with Gasteiger partial charge in [-0.2, -0.15) is 9.97 Å². The van der Waals surface area contributed by atoms with E-state index >= 15 is 0 Å². The summed E-state index contributed by atoms with van der Waals surface area (Å²) < 4.78 is 6.72. The number of rotatable bonds is 2. The topological polar surface area (TPSA) is 105 Å². The molecule has 1 unspecified atom stereocenters. The van der Waals surface area contributed by atoms with E-state index in [0.29, 0.717) is 23.5 Å². The fourth-order valence-corrected chi connectivity index (χ4v) is 3.20. The number of hydrogen-bond donors (Lipinski definition) is 2. The lowest BCUT2D eigenvalue weighted by Crippen LogP contribution is -2.49. The monoisotopic (exact) mass is 382 g/mol. The Hall–Kier alpha value is -2.29. The van der Waals surface area contributed by atoms with E-state index in [-0.39, 0.29) is 17.0 Å². The van der Waals surface area contributed by atoms with Crippen LogP contribution in [0.15, 0.2) is 4.79 Å². The van der Waals surface area contributed by atoms with E-state index in [0.717, 1.165) is 19.4 Å². The van der Waals surface area contributed by atoms with Gasteiger partial charge in [0.2, 0.25) is 5.28 Å². The lowest BCUT2D eigenvalue weighted by atomic mass is 10.1. The summed E-state index contributed by atoms with van der Waals surface area (Å²) in [5, 5.41) is 2.97. The van der Waals surface area contributed by atoms with E-state index in [1.54, 1.807) is 7.05 Å². The molecule has 26 heavy (non-hydrogen) atoms. The molecule has 0 radical (unpaired) electrons. The smallest absolute Gasteiger partial charge is 0.407 e. The lowest BCUT2D eigenvalue weighted by Gasteiger charge is -2.34. The number of aromatic nitrogens is 4. The highest BCUT2D eigenvalue weighted by Gasteiger charge is 2.27. The summed E-state index contributed by atoms with van der Waals surface area (Å²) in [5.41, 5.74) is 0.166. The predicted molar refractivity (Wildman–Crippen MR) is 98.7 cm³/mol. The van der Waals surface area contributed by atoms with Crippen LogP contribution in [-0.4, -0.2) is 50.3 Å². The SMILES string of the molecule is Cn1c(=O)[nH]c2c(N3CCCC(NC(=O)OC(C)(C)C)C3)nc(Cl)nc21. The summed E-state index contributed by atoms with van der Waals surface area (Å²) in [4.78, 5) is 37.2. The van der Waals surface area contributed by atoms with Crippen LogP contribution >= 0.6 is 11.6 Å². The number of aryl methyl sites for hydroxylation is 1. The maximum absolute atomic E-state index is 12.0. The molecule has 9 nitrogen and oxygen atoms in total. The number of H-pyrrole nitrogens is 1. The summed E-state index contributed by atoms with van der Waals surface area (Å²) in [6.45, 7) is 6.76. The molecule has 2 N–H and O–H groups in total. The van der Waals surface area contributed by atoms with Crippen molar-refractivity contribution in [3.05, 3.63) is 15.8 Å². The molecule has 2 aromatic rings. The zero-order chi connectivity index (χ0) is 19.1. The molecule has 0 spiro atoms. The van der Waals surface area contributed by atoms with Gasteiger partial charge in [0.05, 0.1) is 0 Å². The van der Waals surface area contributed by atoms with Gasteiger partial charge in [-0.15, -0.1) is 0 Å². The average Bonchev–Trinajstić information content (AvgIpc) is 2.80. The van der Waals surface area contributed by atoms with Crippen molar-refractivity contribution < 1.29 is 9.53 Å². The Morgan fingerprint density at radius 3 is 2.81 bits per heavy atom. The molecular formula is C16H23ClN6O3. The normalized spacial score (nSPS) is 18.2. The molecule has 0 bridgehead atoms. The number of nitrogens with one attached hydrogen (secondary N) is 2. The first-order valence-corrected chi connectivity index (χ1v) is 8.88. The number of carbonyl (C=O) groups excluding carboxylic acids is 1. The third-order valence-electron chi connectivity index (χ3n) is 4.14. The summed E-state index contributed by atoms with van der Waals surface area (Å²) in [6, 6.07) is -0.0853. The van der Waals surface area contributed by atoms with E-state index < -0.39 is 11.7 Å². The van der Waals surface area contributed by atoms with Gasteiger partial charge in [0.25, 0.3) is 0 Å². The van der Waals surface area contributed by atoms with Crippen LogP contribution in [0.25, 0.3) is 11.2 Å².